The zero-order chi connectivity index (χ0) is 8.08. The number of aliphatic carboxylic acids is 1. The largest absolute Gasteiger partial charge is 0.480 e. The standard InChI is InChI=1S/C4H9NO2.CH3Cl/c1-4(2,5)3(6)7;1-2/h5H2,1-2H3,(H,6,7);1H3. The molecule has 3 nitrogen and oxygen atoms in total. The maximum Gasteiger partial charge on any atom is 0.323 e. The molecule has 0 heterocycles. The van der Waals surface area contributed by atoms with Gasteiger partial charge in [-0.2, -0.15) is 0 Å². The molecule has 0 amide bonds. The second-order valence-corrected chi connectivity index (χ2v) is 2.03. The van der Waals surface area contributed by atoms with Gasteiger partial charge in [0.05, 0.1) is 0 Å². The SMILES string of the molecule is CC(C)(N)C(=O)O.CCl. The van der Waals surface area contributed by atoms with Crippen LogP contribution in [0.4, 0.5) is 0 Å². The van der Waals surface area contributed by atoms with Gasteiger partial charge >= 0.3 is 5.97 Å². The quantitative estimate of drug-likeness (QED) is 0.544. The van der Waals surface area contributed by atoms with Crippen LogP contribution in [-0.4, -0.2) is 23.0 Å². The smallest absolute Gasteiger partial charge is 0.323 e. The average molecular weight is 154 g/mol. The number of rotatable bonds is 1. The van der Waals surface area contributed by atoms with Crippen LogP contribution in [0.3, 0.4) is 0 Å². The highest BCUT2D eigenvalue weighted by Gasteiger charge is 2.19. The van der Waals surface area contributed by atoms with Gasteiger partial charge in [-0.1, -0.05) is 0 Å². The third-order valence-electron chi connectivity index (χ3n) is 0.551. The summed E-state index contributed by atoms with van der Waals surface area (Å²) >= 11 is 4.64. The Kier molecular flexibility index (Phi) is 5.86. The number of carbonyl (C=O) groups is 1. The van der Waals surface area contributed by atoms with E-state index in [0.29, 0.717) is 0 Å². The van der Waals surface area contributed by atoms with E-state index >= 15 is 0 Å². The molecule has 4 heteroatoms. The van der Waals surface area contributed by atoms with Crippen molar-refractivity contribution >= 4 is 17.6 Å². The summed E-state index contributed by atoms with van der Waals surface area (Å²) in [5.41, 5.74) is 4.00. The minimum atomic E-state index is -1.08. The van der Waals surface area contributed by atoms with Crippen molar-refractivity contribution in [3.63, 3.8) is 0 Å². The molecular weight excluding hydrogens is 142 g/mol. The first kappa shape index (κ1) is 11.5. The Morgan fingerprint density at radius 2 is 1.67 bits per heavy atom. The lowest BCUT2D eigenvalue weighted by Crippen LogP contribution is -2.41. The van der Waals surface area contributed by atoms with E-state index in [0.717, 1.165) is 0 Å². The van der Waals surface area contributed by atoms with Crippen LogP contribution in [0.1, 0.15) is 13.8 Å². The van der Waals surface area contributed by atoms with E-state index in [-0.39, 0.29) is 0 Å². The van der Waals surface area contributed by atoms with Gasteiger partial charge in [0, 0.05) is 6.38 Å². The minimum absolute atomic E-state index is 0.979. The number of halogens is 1. The predicted molar refractivity (Wildman–Crippen MR) is 37.7 cm³/mol. The Morgan fingerprint density at radius 3 is 1.67 bits per heavy atom. The van der Waals surface area contributed by atoms with E-state index < -0.39 is 11.5 Å². The van der Waals surface area contributed by atoms with Gasteiger partial charge in [-0.05, 0) is 13.8 Å². The maximum absolute atomic E-state index is 9.90. The normalized spacial score (nSPS) is 9.44. The fourth-order valence-corrected chi connectivity index (χ4v) is 0. The zero-order valence-electron chi connectivity index (χ0n) is 5.81. The van der Waals surface area contributed by atoms with Crippen molar-refractivity contribution in [2.75, 3.05) is 6.38 Å². The minimum Gasteiger partial charge on any atom is -0.480 e. The van der Waals surface area contributed by atoms with Gasteiger partial charge in [0.2, 0.25) is 0 Å². The second kappa shape index (κ2) is 4.58. The topological polar surface area (TPSA) is 63.3 Å². The molecule has 0 rings (SSSR count). The third-order valence-corrected chi connectivity index (χ3v) is 0.551. The lowest BCUT2D eigenvalue weighted by atomic mass is 10.1. The van der Waals surface area contributed by atoms with Crippen molar-refractivity contribution in [2.24, 2.45) is 5.73 Å². The summed E-state index contributed by atoms with van der Waals surface area (Å²) in [5, 5.41) is 8.12. The second-order valence-electron chi connectivity index (χ2n) is 2.03. The summed E-state index contributed by atoms with van der Waals surface area (Å²) in [6, 6.07) is 0. The highest BCUT2D eigenvalue weighted by molar-refractivity contribution is 6.15. The van der Waals surface area contributed by atoms with Gasteiger partial charge in [0.15, 0.2) is 0 Å². The van der Waals surface area contributed by atoms with Crippen LogP contribution in [0, 0.1) is 0 Å². The molecule has 0 bridgehead atoms. The molecule has 0 aliphatic carbocycles. The lowest BCUT2D eigenvalue weighted by Gasteiger charge is -2.09. The average Bonchev–Trinajstić information content (AvgIpc) is 1.69. The van der Waals surface area contributed by atoms with E-state index in [1.54, 1.807) is 0 Å². The summed E-state index contributed by atoms with van der Waals surface area (Å²) in [6.45, 7) is 2.88. The number of carboxylic acids is 1. The van der Waals surface area contributed by atoms with Gasteiger partial charge < -0.3 is 10.8 Å². The van der Waals surface area contributed by atoms with Crippen LogP contribution in [0.5, 0.6) is 0 Å². The monoisotopic (exact) mass is 153 g/mol. The number of hydrogen-bond donors (Lipinski definition) is 2. The molecule has 0 saturated heterocycles. The first-order valence-corrected chi connectivity index (χ1v) is 3.10. The number of carboxylic acid groups (broad SMARTS) is 1. The Morgan fingerprint density at radius 1 is 1.56 bits per heavy atom. The Hall–Kier alpha value is -0.280. The third kappa shape index (κ3) is 7.72. The summed E-state index contributed by atoms with van der Waals surface area (Å²) in [7, 11) is 0. The van der Waals surface area contributed by atoms with Crippen LogP contribution in [0.15, 0.2) is 0 Å². The molecule has 56 valence electrons. The van der Waals surface area contributed by atoms with Crippen LogP contribution < -0.4 is 5.73 Å². The zero-order valence-corrected chi connectivity index (χ0v) is 6.57. The van der Waals surface area contributed by atoms with Gasteiger partial charge in [0.1, 0.15) is 5.54 Å². The molecule has 9 heavy (non-hydrogen) atoms. The highest BCUT2D eigenvalue weighted by atomic mass is 35.5. The van der Waals surface area contributed by atoms with Crippen molar-refractivity contribution in [1.29, 1.82) is 0 Å². The van der Waals surface area contributed by atoms with Gasteiger partial charge in [-0.3, -0.25) is 4.79 Å². The first-order chi connectivity index (χ1) is 3.94. The molecule has 0 fully saturated rings. The summed E-state index contributed by atoms with van der Waals surface area (Å²) < 4.78 is 0. The molecule has 0 aromatic carbocycles. The molecule has 3 N–H and O–H groups in total. The van der Waals surface area contributed by atoms with Crippen molar-refractivity contribution in [1.82, 2.24) is 0 Å². The van der Waals surface area contributed by atoms with E-state index in [1.165, 1.54) is 20.2 Å². The summed E-state index contributed by atoms with van der Waals surface area (Å²) in [6.07, 6.45) is 1.47. The van der Waals surface area contributed by atoms with E-state index in [1.807, 2.05) is 0 Å². The van der Waals surface area contributed by atoms with Crippen molar-refractivity contribution in [3.05, 3.63) is 0 Å². The predicted octanol–water partition coefficient (Wildman–Crippen LogP) is 0.663. The van der Waals surface area contributed by atoms with Gasteiger partial charge in [0.25, 0.3) is 0 Å². The van der Waals surface area contributed by atoms with Crippen LogP contribution in [-0.2, 0) is 4.79 Å². The number of nitrogens with two attached hydrogens (primary N) is 1. The van der Waals surface area contributed by atoms with Crippen LogP contribution >= 0.6 is 11.6 Å². The van der Waals surface area contributed by atoms with Crippen LogP contribution in [0.25, 0.3) is 0 Å². The molecule has 0 aliphatic rings. The fourth-order valence-electron chi connectivity index (χ4n) is 0. The molecule has 0 aromatic rings. The molecule has 0 spiro atoms. The van der Waals surface area contributed by atoms with Gasteiger partial charge in [-0.25, -0.2) is 0 Å². The maximum atomic E-state index is 9.90. The Bertz CT molecular complexity index is 87.4. The molecule has 0 saturated carbocycles. The lowest BCUT2D eigenvalue weighted by molar-refractivity contribution is -0.141. The molecule has 0 atom stereocenters. The summed E-state index contributed by atoms with van der Waals surface area (Å²) in [4.78, 5) is 9.90. The fraction of sp³-hybridized carbons (Fsp3) is 0.800. The number of alkyl halides is 1. The Balaban J connectivity index is 0. The Labute approximate surface area is 59.8 Å². The molecule has 0 aromatic heterocycles. The van der Waals surface area contributed by atoms with E-state index in [4.69, 9.17) is 10.8 Å². The first-order valence-electron chi connectivity index (χ1n) is 2.34. The van der Waals surface area contributed by atoms with Crippen molar-refractivity contribution in [3.8, 4) is 0 Å². The molecule has 0 radical (unpaired) electrons. The van der Waals surface area contributed by atoms with Gasteiger partial charge in [-0.15, -0.1) is 11.6 Å². The molecule has 0 unspecified atom stereocenters. The van der Waals surface area contributed by atoms with E-state index in [2.05, 4.69) is 11.6 Å². The summed E-state index contributed by atoms with van der Waals surface area (Å²) in [5.74, 6) is -0.979. The highest BCUT2D eigenvalue weighted by Crippen LogP contribution is 1.93. The van der Waals surface area contributed by atoms with Crippen molar-refractivity contribution in [2.45, 2.75) is 19.4 Å². The number of hydrogen-bond acceptors (Lipinski definition) is 2. The van der Waals surface area contributed by atoms with Crippen LogP contribution in [0.2, 0.25) is 0 Å². The molecular formula is C5H12ClNO2. The van der Waals surface area contributed by atoms with Crippen molar-refractivity contribution < 1.29 is 9.90 Å². The molecule has 0 aliphatic heterocycles. The van der Waals surface area contributed by atoms with E-state index in [9.17, 15) is 4.79 Å².